The van der Waals surface area contributed by atoms with Gasteiger partial charge in [-0.05, 0) is 11.6 Å². The molecule has 0 spiro atoms. The first-order valence-electron chi connectivity index (χ1n) is 5.57. The van der Waals surface area contributed by atoms with Crippen molar-refractivity contribution in [1.29, 1.82) is 0 Å². The van der Waals surface area contributed by atoms with Gasteiger partial charge in [0.25, 0.3) is 0 Å². The molecule has 5 N–H and O–H groups in total. The second kappa shape index (κ2) is 4.58. The van der Waals surface area contributed by atoms with Crippen LogP contribution in [0.15, 0.2) is 12.1 Å². The molecule has 1 unspecified atom stereocenters. The topological polar surface area (TPSA) is 144 Å². The molecule has 1 heterocycles. The highest BCUT2D eigenvalue weighted by Gasteiger charge is 2.48. The Morgan fingerprint density at radius 3 is 2.25 bits per heavy atom. The third-order valence-electron chi connectivity index (χ3n) is 3.35. The summed E-state index contributed by atoms with van der Waals surface area (Å²) in [6, 6.07) is 2.46. The number of carboxylic acids is 3. The third kappa shape index (κ3) is 1.74. The van der Waals surface area contributed by atoms with Gasteiger partial charge in [0.15, 0.2) is 5.54 Å². The molecule has 0 aromatic heterocycles. The first-order chi connectivity index (χ1) is 9.35. The molecule has 1 aliphatic heterocycles. The maximum atomic E-state index is 11.4. The summed E-state index contributed by atoms with van der Waals surface area (Å²) in [4.78, 5) is 33.9. The van der Waals surface area contributed by atoms with Gasteiger partial charge in [0, 0.05) is 12.1 Å². The lowest BCUT2D eigenvalue weighted by Gasteiger charge is -2.25. The number of hydrogen-bond acceptors (Lipinski definition) is 5. The van der Waals surface area contributed by atoms with Crippen molar-refractivity contribution in [2.45, 2.75) is 12.1 Å². The van der Waals surface area contributed by atoms with Crippen molar-refractivity contribution in [3.63, 3.8) is 0 Å². The van der Waals surface area contributed by atoms with Crippen LogP contribution in [-0.4, -0.2) is 44.9 Å². The van der Waals surface area contributed by atoms with Crippen LogP contribution in [0.5, 0.6) is 0 Å². The molecule has 1 atom stereocenters. The van der Waals surface area contributed by atoms with E-state index in [2.05, 4.69) is 5.32 Å². The third-order valence-corrected chi connectivity index (χ3v) is 3.35. The molecule has 8 nitrogen and oxygen atoms in total. The molecule has 0 aliphatic carbocycles. The van der Waals surface area contributed by atoms with E-state index in [0.29, 0.717) is 5.56 Å². The predicted octanol–water partition coefficient (Wildman–Crippen LogP) is -0.542. The molecule has 1 aromatic rings. The molecule has 0 fully saturated rings. The van der Waals surface area contributed by atoms with Crippen LogP contribution in [0.1, 0.15) is 31.8 Å². The highest BCUT2D eigenvalue weighted by molar-refractivity contribution is 6.05. The number of aromatic carboxylic acids is 2. The van der Waals surface area contributed by atoms with Crippen LogP contribution in [0, 0.1) is 0 Å². The zero-order valence-corrected chi connectivity index (χ0v) is 10.1. The van der Waals surface area contributed by atoms with Gasteiger partial charge in [0.05, 0.1) is 17.7 Å². The van der Waals surface area contributed by atoms with E-state index in [-0.39, 0.29) is 12.1 Å². The molecule has 106 valence electrons. The Hall–Kier alpha value is -2.45. The molecule has 2 rings (SSSR count). The van der Waals surface area contributed by atoms with Gasteiger partial charge in [0.1, 0.15) is 0 Å². The standard InChI is InChI=1S/C12H11NO7/c14-4-12(11(19)20)8-5(3-13-12)1-2-6(9(15)16)7(8)10(17)18/h1-2,13-14H,3-4H2,(H,15,16)(H,17,18)(H,19,20). The number of hydrogen-bond donors (Lipinski definition) is 5. The average molecular weight is 281 g/mol. The fraction of sp³-hybridized carbons (Fsp3) is 0.250. The van der Waals surface area contributed by atoms with Crippen molar-refractivity contribution in [3.05, 3.63) is 34.4 Å². The van der Waals surface area contributed by atoms with Gasteiger partial charge >= 0.3 is 17.9 Å². The van der Waals surface area contributed by atoms with E-state index >= 15 is 0 Å². The van der Waals surface area contributed by atoms with Gasteiger partial charge in [-0.25, -0.2) is 14.4 Å². The fourth-order valence-corrected chi connectivity index (χ4v) is 2.40. The minimum atomic E-state index is -2.01. The summed E-state index contributed by atoms with van der Waals surface area (Å²) in [5.41, 5.74) is -3.01. The van der Waals surface area contributed by atoms with Crippen LogP contribution < -0.4 is 5.32 Å². The van der Waals surface area contributed by atoms with Crippen molar-refractivity contribution in [2.75, 3.05) is 6.61 Å². The number of rotatable bonds is 4. The van der Waals surface area contributed by atoms with Crippen LogP contribution >= 0.6 is 0 Å². The zero-order valence-electron chi connectivity index (χ0n) is 10.1. The molecular weight excluding hydrogens is 270 g/mol. The van der Waals surface area contributed by atoms with Crippen LogP contribution in [0.4, 0.5) is 0 Å². The highest BCUT2D eigenvalue weighted by atomic mass is 16.4. The highest BCUT2D eigenvalue weighted by Crippen LogP contribution is 2.36. The van der Waals surface area contributed by atoms with E-state index in [1.807, 2.05) is 0 Å². The van der Waals surface area contributed by atoms with Gasteiger partial charge in [-0.2, -0.15) is 0 Å². The van der Waals surface area contributed by atoms with E-state index in [1.165, 1.54) is 6.07 Å². The SMILES string of the molecule is O=C(O)c1ccc2c(c1C(=O)O)C(CO)(C(=O)O)NC2. The Labute approximate surface area is 112 Å². The average Bonchev–Trinajstić information content (AvgIpc) is 2.77. The minimum absolute atomic E-state index is 0.0301. The molecule has 0 saturated heterocycles. The van der Waals surface area contributed by atoms with Crippen molar-refractivity contribution < 1.29 is 34.8 Å². The Kier molecular flexibility index (Phi) is 3.20. The fourth-order valence-electron chi connectivity index (χ4n) is 2.40. The van der Waals surface area contributed by atoms with Crippen molar-refractivity contribution in [2.24, 2.45) is 0 Å². The predicted molar refractivity (Wildman–Crippen MR) is 63.6 cm³/mol. The summed E-state index contributed by atoms with van der Waals surface area (Å²) in [7, 11) is 0. The molecule has 0 radical (unpaired) electrons. The minimum Gasteiger partial charge on any atom is -0.480 e. The molecule has 0 amide bonds. The maximum absolute atomic E-state index is 11.4. The van der Waals surface area contributed by atoms with Gasteiger partial charge in [0.2, 0.25) is 0 Å². The summed E-state index contributed by atoms with van der Waals surface area (Å²) in [5, 5.41) is 39.5. The van der Waals surface area contributed by atoms with E-state index in [0.717, 1.165) is 6.07 Å². The summed E-state index contributed by atoms with van der Waals surface area (Å²) in [6.07, 6.45) is 0. The summed E-state index contributed by atoms with van der Waals surface area (Å²) < 4.78 is 0. The van der Waals surface area contributed by atoms with Crippen LogP contribution in [-0.2, 0) is 16.9 Å². The van der Waals surface area contributed by atoms with Crippen LogP contribution in [0.25, 0.3) is 0 Å². The number of aliphatic carboxylic acids is 1. The molecule has 1 aliphatic rings. The smallest absolute Gasteiger partial charge is 0.336 e. The first-order valence-corrected chi connectivity index (χ1v) is 5.57. The number of fused-ring (bicyclic) bond motifs is 1. The van der Waals surface area contributed by atoms with Crippen LogP contribution in [0.2, 0.25) is 0 Å². The summed E-state index contributed by atoms with van der Waals surface area (Å²) in [5.74, 6) is -4.50. The van der Waals surface area contributed by atoms with E-state index in [9.17, 15) is 29.7 Å². The molecule has 1 aromatic carbocycles. The number of carboxylic acid groups (broad SMARTS) is 3. The second-order valence-electron chi connectivity index (χ2n) is 4.35. The van der Waals surface area contributed by atoms with E-state index < -0.39 is 41.2 Å². The molecular formula is C12H11NO7. The Balaban J connectivity index is 2.85. The molecule has 0 saturated carbocycles. The molecule has 20 heavy (non-hydrogen) atoms. The quantitative estimate of drug-likeness (QED) is 0.495. The lowest BCUT2D eigenvalue weighted by atomic mass is 9.85. The van der Waals surface area contributed by atoms with Crippen molar-refractivity contribution in [1.82, 2.24) is 5.32 Å². The Bertz CT molecular complexity index is 624. The van der Waals surface area contributed by atoms with Crippen molar-refractivity contribution >= 4 is 17.9 Å². The van der Waals surface area contributed by atoms with Crippen molar-refractivity contribution in [3.8, 4) is 0 Å². The van der Waals surface area contributed by atoms with Gasteiger partial charge < -0.3 is 20.4 Å². The van der Waals surface area contributed by atoms with Gasteiger partial charge in [-0.1, -0.05) is 6.07 Å². The number of aliphatic hydroxyl groups excluding tert-OH is 1. The Morgan fingerprint density at radius 2 is 1.80 bits per heavy atom. The summed E-state index contributed by atoms with van der Waals surface area (Å²) in [6.45, 7) is -0.860. The van der Waals surface area contributed by atoms with Gasteiger partial charge in [-0.15, -0.1) is 0 Å². The first kappa shape index (κ1) is 14.0. The Morgan fingerprint density at radius 1 is 1.15 bits per heavy atom. The lowest BCUT2D eigenvalue weighted by Crippen LogP contribution is -2.48. The zero-order chi connectivity index (χ0) is 15.1. The number of aliphatic hydroxyl groups is 1. The number of carbonyl (C=O) groups is 3. The molecule has 0 bridgehead atoms. The number of benzene rings is 1. The monoisotopic (exact) mass is 281 g/mol. The van der Waals surface area contributed by atoms with Crippen LogP contribution in [0.3, 0.4) is 0 Å². The normalized spacial score (nSPS) is 20.4. The maximum Gasteiger partial charge on any atom is 0.336 e. The second-order valence-corrected chi connectivity index (χ2v) is 4.35. The summed E-state index contributed by atoms with van der Waals surface area (Å²) >= 11 is 0. The molecule has 8 heteroatoms. The lowest BCUT2D eigenvalue weighted by molar-refractivity contribution is -0.146. The van der Waals surface area contributed by atoms with E-state index in [1.54, 1.807) is 0 Å². The van der Waals surface area contributed by atoms with Gasteiger partial charge in [-0.3, -0.25) is 5.32 Å². The van der Waals surface area contributed by atoms with E-state index in [4.69, 9.17) is 5.11 Å². The number of nitrogens with one attached hydrogen (secondary N) is 1. The largest absolute Gasteiger partial charge is 0.480 e.